The Labute approximate surface area is 120 Å². The van der Waals surface area contributed by atoms with Gasteiger partial charge >= 0.3 is 0 Å². The third kappa shape index (κ3) is 4.30. The van der Waals surface area contributed by atoms with Crippen LogP contribution in [-0.2, 0) is 11.3 Å². The van der Waals surface area contributed by atoms with Crippen LogP contribution in [0.3, 0.4) is 0 Å². The van der Waals surface area contributed by atoms with E-state index in [1.54, 1.807) is 12.1 Å². The first-order valence-electron chi connectivity index (χ1n) is 7.09. The molecule has 1 N–H and O–H groups in total. The number of halogens is 1. The summed E-state index contributed by atoms with van der Waals surface area (Å²) >= 11 is 0. The molecule has 1 atom stereocenters. The van der Waals surface area contributed by atoms with Crippen LogP contribution in [0.2, 0.25) is 0 Å². The minimum atomic E-state index is -0.244. The third-order valence-corrected chi connectivity index (χ3v) is 3.42. The molecule has 0 saturated carbocycles. The highest BCUT2D eigenvalue weighted by atomic mass is 19.1. The number of likely N-dealkylation sites (tertiary alicyclic amines) is 1. The fraction of sp³-hybridized carbons (Fsp3) is 0.562. The molecule has 1 aliphatic rings. The molecule has 0 bridgehead atoms. The van der Waals surface area contributed by atoms with Crippen LogP contribution in [0.15, 0.2) is 24.3 Å². The van der Waals surface area contributed by atoms with Crippen molar-refractivity contribution in [3.63, 3.8) is 0 Å². The van der Waals surface area contributed by atoms with E-state index in [1.807, 2.05) is 4.90 Å². The molecule has 1 amide bonds. The number of carbonyl (C=O) groups excluding carboxylic acids is 1. The van der Waals surface area contributed by atoms with E-state index in [1.165, 1.54) is 12.1 Å². The Kier molecular flexibility index (Phi) is 4.43. The van der Waals surface area contributed by atoms with E-state index in [0.29, 0.717) is 13.0 Å². The molecule has 0 aromatic heterocycles. The van der Waals surface area contributed by atoms with Crippen LogP contribution in [0.5, 0.6) is 0 Å². The summed E-state index contributed by atoms with van der Waals surface area (Å²) < 4.78 is 12.9. The molecule has 1 saturated heterocycles. The van der Waals surface area contributed by atoms with Crippen molar-refractivity contribution in [3.05, 3.63) is 35.6 Å². The van der Waals surface area contributed by atoms with Gasteiger partial charge in [0.2, 0.25) is 5.91 Å². The summed E-state index contributed by atoms with van der Waals surface area (Å²) in [5.74, 6) is -0.0769. The van der Waals surface area contributed by atoms with Crippen molar-refractivity contribution >= 4 is 5.91 Å². The monoisotopic (exact) mass is 278 g/mol. The second-order valence-electron chi connectivity index (χ2n) is 6.74. The molecule has 0 spiro atoms. The normalized spacial score (nSPS) is 19.7. The second-order valence-corrected chi connectivity index (χ2v) is 6.74. The van der Waals surface area contributed by atoms with Gasteiger partial charge in [0.05, 0.1) is 0 Å². The molecule has 1 aromatic carbocycles. The van der Waals surface area contributed by atoms with Gasteiger partial charge in [-0.25, -0.2) is 4.39 Å². The van der Waals surface area contributed by atoms with E-state index < -0.39 is 0 Å². The summed E-state index contributed by atoms with van der Waals surface area (Å²) in [6.45, 7) is 8.71. The lowest BCUT2D eigenvalue weighted by Gasteiger charge is -2.22. The molecule has 20 heavy (non-hydrogen) atoms. The molecule has 0 aliphatic carbocycles. The molecule has 2 rings (SSSR count). The predicted octanol–water partition coefficient (Wildman–Crippen LogP) is 2.56. The summed E-state index contributed by atoms with van der Waals surface area (Å²) in [4.78, 5) is 13.8. The van der Waals surface area contributed by atoms with Crippen molar-refractivity contribution in [1.29, 1.82) is 0 Å². The predicted molar refractivity (Wildman–Crippen MR) is 77.7 cm³/mol. The Morgan fingerprint density at radius 3 is 2.55 bits per heavy atom. The highest BCUT2D eigenvalue weighted by Crippen LogP contribution is 2.17. The molecule has 110 valence electrons. The van der Waals surface area contributed by atoms with E-state index in [9.17, 15) is 9.18 Å². The van der Waals surface area contributed by atoms with E-state index in [0.717, 1.165) is 18.7 Å². The minimum Gasteiger partial charge on any atom is -0.337 e. The Balaban J connectivity index is 1.87. The standard InChI is InChI=1S/C16H23FN2O/c1-16(2,3)11-18-14-8-15(20)19(10-14)9-12-4-6-13(17)7-5-12/h4-7,14,18H,8-11H2,1-3H3/t14-/m0/s1. The number of carbonyl (C=O) groups is 1. The summed E-state index contributed by atoms with van der Waals surface area (Å²) in [6.07, 6.45) is 0.553. The number of rotatable bonds is 4. The molecular weight excluding hydrogens is 255 g/mol. The quantitative estimate of drug-likeness (QED) is 0.918. The molecule has 4 heteroatoms. The smallest absolute Gasteiger partial charge is 0.224 e. The van der Waals surface area contributed by atoms with Crippen molar-refractivity contribution in [2.24, 2.45) is 5.41 Å². The lowest BCUT2D eigenvalue weighted by molar-refractivity contribution is -0.128. The molecule has 1 fully saturated rings. The third-order valence-electron chi connectivity index (χ3n) is 3.42. The largest absolute Gasteiger partial charge is 0.337 e. The Morgan fingerprint density at radius 1 is 1.30 bits per heavy atom. The average molecular weight is 278 g/mol. The number of nitrogens with zero attached hydrogens (tertiary/aromatic N) is 1. The van der Waals surface area contributed by atoms with Gasteiger partial charge in [0.15, 0.2) is 0 Å². The van der Waals surface area contributed by atoms with Crippen LogP contribution in [0.1, 0.15) is 32.8 Å². The van der Waals surface area contributed by atoms with Gasteiger partial charge in [0.25, 0.3) is 0 Å². The van der Waals surface area contributed by atoms with Gasteiger partial charge in [-0.2, -0.15) is 0 Å². The maximum absolute atomic E-state index is 12.9. The Hall–Kier alpha value is -1.42. The van der Waals surface area contributed by atoms with E-state index in [4.69, 9.17) is 0 Å². The van der Waals surface area contributed by atoms with Gasteiger partial charge in [-0.15, -0.1) is 0 Å². The fourth-order valence-electron chi connectivity index (χ4n) is 2.32. The van der Waals surface area contributed by atoms with E-state index in [-0.39, 0.29) is 23.2 Å². The summed E-state index contributed by atoms with van der Waals surface area (Å²) in [5, 5.41) is 3.45. The van der Waals surface area contributed by atoms with E-state index in [2.05, 4.69) is 26.1 Å². The molecule has 1 aromatic rings. The molecule has 1 heterocycles. The van der Waals surface area contributed by atoms with Gasteiger partial charge in [-0.3, -0.25) is 4.79 Å². The van der Waals surface area contributed by atoms with Crippen molar-refractivity contribution in [1.82, 2.24) is 10.2 Å². The summed E-state index contributed by atoms with van der Waals surface area (Å²) in [7, 11) is 0. The number of benzene rings is 1. The lowest BCUT2D eigenvalue weighted by Crippen LogP contribution is -2.37. The van der Waals surface area contributed by atoms with Gasteiger partial charge in [0.1, 0.15) is 5.82 Å². The van der Waals surface area contributed by atoms with Gasteiger partial charge in [0, 0.05) is 32.1 Å². The zero-order chi connectivity index (χ0) is 14.8. The fourth-order valence-corrected chi connectivity index (χ4v) is 2.32. The van der Waals surface area contributed by atoms with Crippen LogP contribution in [0.4, 0.5) is 4.39 Å². The highest BCUT2D eigenvalue weighted by molar-refractivity contribution is 5.79. The molecule has 1 aliphatic heterocycles. The summed E-state index contributed by atoms with van der Waals surface area (Å²) in [5.41, 5.74) is 1.18. The van der Waals surface area contributed by atoms with Crippen LogP contribution in [0, 0.1) is 11.2 Å². The Morgan fingerprint density at radius 2 is 1.95 bits per heavy atom. The number of hydrogen-bond acceptors (Lipinski definition) is 2. The van der Waals surface area contributed by atoms with Gasteiger partial charge in [-0.05, 0) is 23.1 Å². The first-order valence-corrected chi connectivity index (χ1v) is 7.09. The van der Waals surface area contributed by atoms with Crippen LogP contribution in [0.25, 0.3) is 0 Å². The topological polar surface area (TPSA) is 32.3 Å². The molecule has 3 nitrogen and oxygen atoms in total. The van der Waals surface area contributed by atoms with Crippen molar-refractivity contribution in [2.45, 2.75) is 39.8 Å². The van der Waals surface area contributed by atoms with Crippen molar-refractivity contribution < 1.29 is 9.18 Å². The lowest BCUT2D eigenvalue weighted by atomic mass is 9.96. The van der Waals surface area contributed by atoms with E-state index >= 15 is 0 Å². The molecule has 0 radical (unpaired) electrons. The molecule has 0 unspecified atom stereocenters. The first-order chi connectivity index (χ1) is 9.33. The second kappa shape index (κ2) is 5.92. The van der Waals surface area contributed by atoms with Crippen molar-refractivity contribution in [2.75, 3.05) is 13.1 Å². The van der Waals surface area contributed by atoms with Crippen LogP contribution < -0.4 is 5.32 Å². The number of amides is 1. The number of hydrogen-bond donors (Lipinski definition) is 1. The van der Waals surface area contributed by atoms with Crippen LogP contribution >= 0.6 is 0 Å². The first kappa shape index (κ1) is 15.0. The average Bonchev–Trinajstić information content (AvgIpc) is 2.70. The maximum atomic E-state index is 12.9. The zero-order valence-electron chi connectivity index (χ0n) is 12.4. The van der Waals surface area contributed by atoms with Crippen LogP contribution in [-0.4, -0.2) is 29.9 Å². The molecular formula is C16H23FN2O. The minimum absolute atomic E-state index is 0.167. The zero-order valence-corrected chi connectivity index (χ0v) is 12.4. The maximum Gasteiger partial charge on any atom is 0.224 e. The number of nitrogens with one attached hydrogen (secondary N) is 1. The van der Waals surface area contributed by atoms with Gasteiger partial charge in [-0.1, -0.05) is 32.9 Å². The SMILES string of the molecule is CC(C)(C)CN[C@H]1CC(=O)N(Cc2ccc(F)cc2)C1. The Bertz CT molecular complexity index is 464. The van der Waals surface area contributed by atoms with Crippen molar-refractivity contribution in [3.8, 4) is 0 Å². The summed E-state index contributed by atoms with van der Waals surface area (Å²) in [6, 6.07) is 6.56. The van der Waals surface area contributed by atoms with Gasteiger partial charge < -0.3 is 10.2 Å². The highest BCUT2D eigenvalue weighted by Gasteiger charge is 2.29.